The molecule has 2 N–H and O–H groups in total. The van der Waals surface area contributed by atoms with Crippen LogP contribution in [0.3, 0.4) is 0 Å². The van der Waals surface area contributed by atoms with Crippen molar-refractivity contribution in [3.8, 4) is 10.6 Å². The summed E-state index contributed by atoms with van der Waals surface area (Å²) in [6, 6.07) is 9.21. The smallest absolute Gasteiger partial charge is 0.271 e. The molecule has 2 rings (SSSR count). The Hall–Kier alpha value is -1.52. The average molecular weight is 218 g/mol. The monoisotopic (exact) mass is 218 g/mol. The molecule has 76 valence electrons. The summed E-state index contributed by atoms with van der Waals surface area (Å²) in [5.41, 5.74) is 7.32. The van der Waals surface area contributed by atoms with Gasteiger partial charge in [-0.25, -0.2) is 0 Å². The summed E-state index contributed by atoms with van der Waals surface area (Å²) in [5, 5.41) is 2.49. The van der Waals surface area contributed by atoms with Crippen molar-refractivity contribution < 1.29 is 0 Å². The fourth-order valence-corrected chi connectivity index (χ4v) is 1.96. The van der Waals surface area contributed by atoms with Crippen LogP contribution in [0.2, 0.25) is 0 Å². The Balaban J connectivity index is 2.41. The number of hydrogen-bond acceptors (Lipinski definition) is 4. The summed E-state index contributed by atoms with van der Waals surface area (Å²) < 4.78 is 0. The lowest BCUT2D eigenvalue weighted by Gasteiger charge is -2.00. The highest BCUT2D eigenvalue weighted by Gasteiger charge is 2.00. The van der Waals surface area contributed by atoms with Crippen molar-refractivity contribution in [2.45, 2.75) is 6.54 Å². The van der Waals surface area contributed by atoms with Crippen LogP contribution >= 0.6 is 11.3 Å². The zero-order chi connectivity index (χ0) is 10.7. The number of benzene rings is 1. The minimum Gasteiger partial charge on any atom is -0.326 e. The minimum absolute atomic E-state index is 0.202. The van der Waals surface area contributed by atoms with Crippen molar-refractivity contribution in [2.75, 3.05) is 0 Å². The van der Waals surface area contributed by atoms with Crippen LogP contribution in [0.1, 0.15) is 5.56 Å². The molecule has 15 heavy (non-hydrogen) atoms. The highest BCUT2D eigenvalue weighted by Crippen LogP contribution is 2.19. The molecule has 0 aliphatic heterocycles. The van der Waals surface area contributed by atoms with Gasteiger partial charge in [-0.15, -0.1) is 11.3 Å². The van der Waals surface area contributed by atoms with E-state index in [0.29, 0.717) is 6.54 Å². The van der Waals surface area contributed by atoms with Gasteiger partial charge in [-0.3, -0.25) is 4.79 Å². The molecule has 0 saturated heterocycles. The van der Waals surface area contributed by atoms with Gasteiger partial charge < -0.3 is 5.73 Å². The second-order valence-electron chi connectivity index (χ2n) is 3.08. The van der Waals surface area contributed by atoms with E-state index in [0.717, 1.165) is 16.1 Å². The van der Waals surface area contributed by atoms with Crippen LogP contribution in [0.25, 0.3) is 10.6 Å². The van der Waals surface area contributed by atoms with E-state index in [1.807, 2.05) is 24.3 Å². The molecule has 0 saturated carbocycles. The lowest BCUT2D eigenvalue weighted by Crippen LogP contribution is -2.02. The fraction of sp³-hybridized carbons (Fsp3) is 0.0909. The molecule has 0 spiro atoms. The fourth-order valence-electron chi connectivity index (χ4n) is 1.24. The van der Waals surface area contributed by atoms with Crippen molar-refractivity contribution in [3.63, 3.8) is 0 Å². The van der Waals surface area contributed by atoms with E-state index in [2.05, 4.69) is 4.98 Å². The normalized spacial score (nSPS) is 10.2. The third kappa shape index (κ3) is 2.29. The number of rotatable bonds is 2. The van der Waals surface area contributed by atoms with E-state index in [1.54, 1.807) is 5.38 Å². The number of nitrogens with zero attached hydrogens (tertiary/aromatic N) is 1. The molecule has 3 nitrogen and oxygen atoms in total. The highest BCUT2D eigenvalue weighted by atomic mass is 32.1. The molecule has 0 unspecified atom stereocenters. The summed E-state index contributed by atoms with van der Waals surface area (Å²) in [5.74, 6) is 0. The van der Waals surface area contributed by atoms with E-state index in [1.165, 1.54) is 17.4 Å². The van der Waals surface area contributed by atoms with Crippen molar-refractivity contribution in [1.82, 2.24) is 4.98 Å². The third-order valence-electron chi connectivity index (χ3n) is 2.04. The van der Waals surface area contributed by atoms with Gasteiger partial charge in [0.05, 0.1) is 0 Å². The van der Waals surface area contributed by atoms with Gasteiger partial charge in [-0.1, -0.05) is 24.3 Å². The largest absolute Gasteiger partial charge is 0.326 e. The van der Waals surface area contributed by atoms with Gasteiger partial charge in [0.1, 0.15) is 5.01 Å². The molecule has 0 atom stereocenters. The molecular weight excluding hydrogens is 208 g/mol. The van der Waals surface area contributed by atoms with Crippen LogP contribution in [0, 0.1) is 0 Å². The average Bonchev–Trinajstić information content (AvgIpc) is 2.29. The van der Waals surface area contributed by atoms with E-state index in [-0.39, 0.29) is 5.56 Å². The maximum absolute atomic E-state index is 11.1. The lowest BCUT2D eigenvalue weighted by atomic mass is 10.1. The zero-order valence-corrected chi connectivity index (χ0v) is 8.83. The van der Waals surface area contributed by atoms with Crippen LogP contribution in [-0.2, 0) is 6.54 Å². The van der Waals surface area contributed by atoms with E-state index in [4.69, 9.17) is 5.73 Å². The standard InChI is InChI=1S/C11H10N2OS/c12-7-8-1-3-9(4-2-8)11-13-10(14)5-6-15-11/h1-6H,7,12H2. The Labute approximate surface area is 91.2 Å². The molecule has 0 aliphatic rings. The van der Waals surface area contributed by atoms with Crippen molar-refractivity contribution >= 4 is 11.3 Å². The molecule has 0 aliphatic carbocycles. The molecule has 4 heteroatoms. The van der Waals surface area contributed by atoms with Crippen LogP contribution in [0.5, 0.6) is 0 Å². The Kier molecular flexibility index (Phi) is 2.89. The van der Waals surface area contributed by atoms with Gasteiger partial charge >= 0.3 is 0 Å². The van der Waals surface area contributed by atoms with Gasteiger partial charge in [0.15, 0.2) is 0 Å². The summed E-state index contributed by atoms with van der Waals surface area (Å²) >= 11 is 1.45. The zero-order valence-electron chi connectivity index (χ0n) is 8.01. The first-order valence-corrected chi connectivity index (χ1v) is 5.43. The Morgan fingerprint density at radius 2 is 1.93 bits per heavy atom. The predicted octanol–water partition coefficient (Wildman–Crippen LogP) is 1.63. The Morgan fingerprint density at radius 3 is 2.53 bits per heavy atom. The van der Waals surface area contributed by atoms with E-state index >= 15 is 0 Å². The van der Waals surface area contributed by atoms with Crippen LogP contribution in [-0.4, -0.2) is 4.98 Å². The summed E-state index contributed by atoms with van der Waals surface area (Å²) in [6.07, 6.45) is 0. The molecule has 0 amide bonds. The predicted molar refractivity (Wildman–Crippen MR) is 61.7 cm³/mol. The first kappa shape index (κ1) is 10.0. The van der Waals surface area contributed by atoms with Crippen molar-refractivity contribution in [3.05, 3.63) is 51.6 Å². The minimum atomic E-state index is -0.202. The molecular formula is C11H10N2OS. The van der Waals surface area contributed by atoms with E-state index < -0.39 is 0 Å². The Bertz CT molecular complexity index is 504. The first-order valence-electron chi connectivity index (χ1n) is 4.55. The molecule has 0 radical (unpaired) electrons. The summed E-state index contributed by atoms with van der Waals surface area (Å²) in [6.45, 7) is 0.527. The summed E-state index contributed by atoms with van der Waals surface area (Å²) in [7, 11) is 0. The maximum Gasteiger partial charge on any atom is 0.271 e. The van der Waals surface area contributed by atoms with Crippen LogP contribution in [0.15, 0.2) is 40.5 Å². The molecule has 0 fully saturated rings. The van der Waals surface area contributed by atoms with Crippen LogP contribution < -0.4 is 11.3 Å². The second-order valence-corrected chi connectivity index (χ2v) is 3.97. The third-order valence-corrected chi connectivity index (χ3v) is 2.86. The SMILES string of the molecule is NCc1ccc(-c2nc(=O)ccs2)cc1. The van der Waals surface area contributed by atoms with Gasteiger partial charge in [0, 0.05) is 18.2 Å². The molecule has 1 aromatic heterocycles. The van der Waals surface area contributed by atoms with Crippen LogP contribution in [0.4, 0.5) is 0 Å². The molecule has 1 heterocycles. The van der Waals surface area contributed by atoms with Gasteiger partial charge in [0.2, 0.25) is 0 Å². The second kappa shape index (κ2) is 4.33. The lowest BCUT2D eigenvalue weighted by molar-refractivity contribution is 1.07. The Morgan fingerprint density at radius 1 is 1.20 bits per heavy atom. The van der Waals surface area contributed by atoms with Crippen molar-refractivity contribution in [2.24, 2.45) is 5.73 Å². The van der Waals surface area contributed by atoms with Gasteiger partial charge in [-0.2, -0.15) is 4.98 Å². The number of aromatic nitrogens is 1. The van der Waals surface area contributed by atoms with Crippen molar-refractivity contribution in [1.29, 1.82) is 0 Å². The van der Waals surface area contributed by atoms with Gasteiger partial charge in [0.25, 0.3) is 5.56 Å². The number of hydrogen-bond donors (Lipinski definition) is 1. The highest BCUT2D eigenvalue weighted by molar-refractivity contribution is 7.12. The quantitative estimate of drug-likeness (QED) is 0.833. The first-order chi connectivity index (χ1) is 7.29. The number of nitrogens with two attached hydrogens (primary N) is 1. The molecule has 0 bridgehead atoms. The van der Waals surface area contributed by atoms with E-state index in [9.17, 15) is 4.79 Å². The van der Waals surface area contributed by atoms with Gasteiger partial charge in [-0.05, 0) is 10.9 Å². The molecule has 2 aromatic rings. The maximum atomic E-state index is 11.1. The summed E-state index contributed by atoms with van der Waals surface area (Å²) in [4.78, 5) is 15.0. The topological polar surface area (TPSA) is 56.0 Å². The molecule has 1 aromatic carbocycles.